The van der Waals surface area contributed by atoms with Crippen molar-refractivity contribution in [3.8, 4) is 0 Å². The molecule has 0 bridgehead atoms. The molecule has 18 heavy (non-hydrogen) atoms. The fraction of sp³-hybridized carbons (Fsp3) is 0.846. The molecule has 5 nitrogen and oxygen atoms in total. The maximum atomic E-state index is 12.1. The summed E-state index contributed by atoms with van der Waals surface area (Å²) in [6.07, 6.45) is 3.30. The van der Waals surface area contributed by atoms with E-state index in [1.807, 2.05) is 13.8 Å². The van der Waals surface area contributed by atoms with Crippen LogP contribution in [0, 0.1) is 5.92 Å². The number of carboxylic acid groups (broad SMARTS) is 1. The number of rotatable bonds is 5. The Kier molecular flexibility index (Phi) is 5.59. The minimum atomic E-state index is -0.753. The van der Waals surface area contributed by atoms with Gasteiger partial charge in [0.1, 0.15) is 0 Å². The Balaban J connectivity index is 2.48. The zero-order valence-corrected chi connectivity index (χ0v) is 11.3. The molecule has 104 valence electrons. The Morgan fingerprint density at radius 1 is 1.50 bits per heavy atom. The molecule has 1 rings (SSSR count). The van der Waals surface area contributed by atoms with E-state index >= 15 is 0 Å². The van der Waals surface area contributed by atoms with Crippen LogP contribution < -0.4 is 5.73 Å². The number of aliphatic carboxylic acids is 1. The normalized spacial score (nSPS) is 25.8. The van der Waals surface area contributed by atoms with Gasteiger partial charge in [0.05, 0.1) is 5.92 Å². The second-order valence-electron chi connectivity index (χ2n) is 5.25. The Hall–Kier alpha value is -1.10. The lowest BCUT2D eigenvalue weighted by Crippen LogP contribution is -2.47. The van der Waals surface area contributed by atoms with Gasteiger partial charge in [-0.25, -0.2) is 0 Å². The fourth-order valence-electron chi connectivity index (χ4n) is 2.58. The lowest BCUT2D eigenvalue weighted by molar-refractivity contribution is -0.147. The standard InChI is InChI=1S/C13H24N2O3/c1-3-4-11(14)8-12(16)15-6-5-10(13(17)18)7-9(15)2/h9-11H,3-8,14H2,1-2H3,(H,17,18). The van der Waals surface area contributed by atoms with Crippen molar-refractivity contribution in [3.63, 3.8) is 0 Å². The first-order valence-electron chi connectivity index (χ1n) is 6.73. The first-order valence-corrected chi connectivity index (χ1v) is 6.73. The Morgan fingerprint density at radius 2 is 2.17 bits per heavy atom. The number of nitrogens with two attached hydrogens (primary N) is 1. The summed E-state index contributed by atoms with van der Waals surface area (Å²) in [5.74, 6) is -1.00. The van der Waals surface area contributed by atoms with Gasteiger partial charge in [0.25, 0.3) is 0 Å². The second kappa shape index (κ2) is 6.73. The number of nitrogens with zero attached hydrogens (tertiary/aromatic N) is 1. The first kappa shape index (κ1) is 15.0. The molecular weight excluding hydrogens is 232 g/mol. The van der Waals surface area contributed by atoms with E-state index in [-0.39, 0.29) is 23.9 Å². The molecule has 0 aromatic carbocycles. The molecule has 1 heterocycles. The number of amides is 1. The van der Waals surface area contributed by atoms with Gasteiger partial charge in [-0.3, -0.25) is 9.59 Å². The van der Waals surface area contributed by atoms with Gasteiger partial charge in [-0.15, -0.1) is 0 Å². The van der Waals surface area contributed by atoms with Gasteiger partial charge in [-0.2, -0.15) is 0 Å². The van der Waals surface area contributed by atoms with Crippen molar-refractivity contribution in [2.45, 2.75) is 58.0 Å². The number of hydrogen-bond donors (Lipinski definition) is 2. The molecule has 0 aliphatic carbocycles. The molecule has 3 atom stereocenters. The third-order valence-corrected chi connectivity index (χ3v) is 3.64. The highest BCUT2D eigenvalue weighted by molar-refractivity contribution is 5.78. The minimum absolute atomic E-state index is 0.00109. The highest BCUT2D eigenvalue weighted by Gasteiger charge is 2.32. The molecule has 0 saturated carbocycles. The van der Waals surface area contributed by atoms with Crippen LogP contribution in [0.15, 0.2) is 0 Å². The largest absolute Gasteiger partial charge is 0.481 e. The van der Waals surface area contributed by atoms with Crippen LogP contribution in [0.1, 0.15) is 46.0 Å². The van der Waals surface area contributed by atoms with Crippen LogP contribution in [0.25, 0.3) is 0 Å². The van der Waals surface area contributed by atoms with Gasteiger partial charge >= 0.3 is 5.97 Å². The molecule has 0 spiro atoms. The SMILES string of the molecule is CCCC(N)CC(=O)N1CCC(C(=O)O)CC1C. The van der Waals surface area contributed by atoms with Crippen molar-refractivity contribution in [1.29, 1.82) is 0 Å². The van der Waals surface area contributed by atoms with Crippen molar-refractivity contribution in [2.24, 2.45) is 11.7 Å². The molecule has 5 heteroatoms. The smallest absolute Gasteiger partial charge is 0.306 e. The van der Waals surface area contributed by atoms with Crippen LogP contribution in [-0.4, -0.2) is 40.5 Å². The lowest BCUT2D eigenvalue weighted by Gasteiger charge is -2.36. The predicted octanol–water partition coefficient (Wildman–Crippen LogP) is 1.22. The summed E-state index contributed by atoms with van der Waals surface area (Å²) >= 11 is 0. The molecule has 1 aliphatic heterocycles. The third-order valence-electron chi connectivity index (χ3n) is 3.64. The van der Waals surface area contributed by atoms with Crippen LogP contribution >= 0.6 is 0 Å². The van der Waals surface area contributed by atoms with E-state index in [4.69, 9.17) is 10.8 Å². The number of piperidine rings is 1. The van der Waals surface area contributed by atoms with Crippen LogP contribution in [0.4, 0.5) is 0 Å². The van der Waals surface area contributed by atoms with E-state index in [2.05, 4.69) is 0 Å². The molecule has 0 aromatic rings. The quantitative estimate of drug-likeness (QED) is 0.774. The van der Waals surface area contributed by atoms with E-state index in [1.165, 1.54) is 0 Å². The van der Waals surface area contributed by atoms with Gasteiger partial charge < -0.3 is 15.7 Å². The van der Waals surface area contributed by atoms with Gasteiger partial charge in [0, 0.05) is 25.0 Å². The van der Waals surface area contributed by atoms with Crippen LogP contribution in [0.3, 0.4) is 0 Å². The summed E-state index contributed by atoms with van der Waals surface area (Å²) in [7, 11) is 0. The molecule has 1 fully saturated rings. The van der Waals surface area contributed by atoms with E-state index < -0.39 is 5.97 Å². The zero-order valence-electron chi connectivity index (χ0n) is 11.3. The molecular formula is C13H24N2O3. The lowest BCUT2D eigenvalue weighted by atomic mass is 9.91. The van der Waals surface area contributed by atoms with Crippen LogP contribution in [0.2, 0.25) is 0 Å². The fourth-order valence-corrected chi connectivity index (χ4v) is 2.58. The number of carbonyl (C=O) groups is 2. The summed E-state index contributed by atoms with van der Waals surface area (Å²) in [5, 5.41) is 8.97. The summed E-state index contributed by atoms with van der Waals surface area (Å²) < 4.78 is 0. The monoisotopic (exact) mass is 256 g/mol. The van der Waals surface area contributed by atoms with Crippen LogP contribution in [-0.2, 0) is 9.59 Å². The van der Waals surface area contributed by atoms with Gasteiger partial charge in [-0.05, 0) is 26.2 Å². The Bertz CT molecular complexity index is 307. The zero-order chi connectivity index (χ0) is 13.7. The highest BCUT2D eigenvalue weighted by atomic mass is 16.4. The van der Waals surface area contributed by atoms with Crippen molar-refractivity contribution >= 4 is 11.9 Å². The number of likely N-dealkylation sites (tertiary alicyclic amines) is 1. The average molecular weight is 256 g/mol. The van der Waals surface area contributed by atoms with Gasteiger partial charge in [0.2, 0.25) is 5.91 Å². The molecule has 3 N–H and O–H groups in total. The predicted molar refractivity (Wildman–Crippen MR) is 69.0 cm³/mol. The van der Waals surface area contributed by atoms with E-state index in [1.54, 1.807) is 4.90 Å². The summed E-state index contributed by atoms with van der Waals surface area (Å²) in [6.45, 7) is 4.50. The average Bonchev–Trinajstić information content (AvgIpc) is 2.28. The second-order valence-corrected chi connectivity index (χ2v) is 5.25. The molecule has 3 unspecified atom stereocenters. The topological polar surface area (TPSA) is 83.6 Å². The summed E-state index contributed by atoms with van der Waals surface area (Å²) in [4.78, 5) is 24.8. The van der Waals surface area contributed by atoms with Crippen molar-refractivity contribution in [3.05, 3.63) is 0 Å². The van der Waals surface area contributed by atoms with E-state index in [0.29, 0.717) is 25.8 Å². The number of carboxylic acids is 1. The molecule has 0 aromatic heterocycles. The molecule has 0 radical (unpaired) electrons. The third kappa shape index (κ3) is 3.98. The maximum Gasteiger partial charge on any atom is 0.306 e. The minimum Gasteiger partial charge on any atom is -0.481 e. The van der Waals surface area contributed by atoms with Crippen molar-refractivity contribution in [1.82, 2.24) is 4.90 Å². The first-order chi connectivity index (χ1) is 8.45. The maximum absolute atomic E-state index is 12.1. The molecule has 1 amide bonds. The van der Waals surface area contributed by atoms with E-state index in [9.17, 15) is 9.59 Å². The molecule has 1 saturated heterocycles. The van der Waals surface area contributed by atoms with E-state index in [0.717, 1.165) is 12.8 Å². The Labute approximate surface area is 108 Å². The summed E-state index contributed by atoms with van der Waals surface area (Å²) in [6, 6.07) is -0.0759. The summed E-state index contributed by atoms with van der Waals surface area (Å²) in [5.41, 5.74) is 5.87. The van der Waals surface area contributed by atoms with Crippen LogP contribution in [0.5, 0.6) is 0 Å². The van der Waals surface area contributed by atoms with Gasteiger partial charge in [-0.1, -0.05) is 13.3 Å². The van der Waals surface area contributed by atoms with Crippen molar-refractivity contribution in [2.75, 3.05) is 6.54 Å². The molecule has 1 aliphatic rings. The Morgan fingerprint density at radius 3 is 2.67 bits per heavy atom. The van der Waals surface area contributed by atoms with Gasteiger partial charge in [0.15, 0.2) is 0 Å². The van der Waals surface area contributed by atoms with Crippen molar-refractivity contribution < 1.29 is 14.7 Å². The number of hydrogen-bond acceptors (Lipinski definition) is 3. The number of carbonyl (C=O) groups excluding carboxylic acids is 1. The highest BCUT2D eigenvalue weighted by Crippen LogP contribution is 2.23.